The van der Waals surface area contributed by atoms with Gasteiger partial charge < -0.3 is 10.6 Å². The second kappa shape index (κ2) is 8.44. The zero-order chi connectivity index (χ0) is 12.6. The third-order valence-electron chi connectivity index (χ3n) is 2.31. The van der Waals surface area contributed by atoms with Crippen molar-refractivity contribution in [2.45, 2.75) is 45.7 Å². The first-order valence-corrected chi connectivity index (χ1v) is 6.97. The second-order valence-electron chi connectivity index (χ2n) is 3.85. The molecule has 0 aromatic carbocycles. The molecule has 0 aromatic rings. The summed E-state index contributed by atoms with van der Waals surface area (Å²) < 4.78 is 0. The molecule has 0 heterocycles. The highest BCUT2D eigenvalue weighted by atomic mass is 32.2. The summed E-state index contributed by atoms with van der Waals surface area (Å²) in [4.78, 5) is 22.8. The topological polar surface area (TPSA) is 58.2 Å². The van der Waals surface area contributed by atoms with E-state index in [1.165, 1.54) is 6.92 Å². The Bertz CT molecular complexity index is 234. The van der Waals surface area contributed by atoms with Gasteiger partial charge in [0.25, 0.3) is 0 Å². The molecule has 5 heteroatoms. The van der Waals surface area contributed by atoms with Crippen molar-refractivity contribution >= 4 is 23.6 Å². The van der Waals surface area contributed by atoms with Gasteiger partial charge in [-0.05, 0) is 31.8 Å². The first kappa shape index (κ1) is 15.3. The lowest BCUT2D eigenvalue weighted by atomic mass is 10.2. The summed E-state index contributed by atoms with van der Waals surface area (Å²) >= 11 is 1.67. The van der Waals surface area contributed by atoms with Gasteiger partial charge in [-0.3, -0.25) is 9.59 Å². The molecule has 2 amide bonds. The van der Waals surface area contributed by atoms with Crippen LogP contribution in [0.2, 0.25) is 0 Å². The minimum Gasteiger partial charge on any atom is -0.352 e. The van der Waals surface area contributed by atoms with Crippen molar-refractivity contribution in [3.8, 4) is 0 Å². The van der Waals surface area contributed by atoms with Crippen LogP contribution in [0.25, 0.3) is 0 Å². The SMILES string of the molecule is CC[C@@H](C)NC(=O)[C@H](CCSC)NC(C)=O. The van der Waals surface area contributed by atoms with Crippen LogP contribution < -0.4 is 10.6 Å². The molecule has 2 atom stereocenters. The molecule has 0 aliphatic rings. The molecule has 94 valence electrons. The number of carbonyl (C=O) groups is 2. The third-order valence-corrected chi connectivity index (χ3v) is 2.95. The van der Waals surface area contributed by atoms with Crippen molar-refractivity contribution in [2.24, 2.45) is 0 Å². The van der Waals surface area contributed by atoms with Crippen LogP contribution in [0.1, 0.15) is 33.6 Å². The Morgan fingerprint density at radius 1 is 1.31 bits per heavy atom. The molecule has 0 aromatic heterocycles. The van der Waals surface area contributed by atoms with E-state index in [1.54, 1.807) is 11.8 Å². The molecular weight excluding hydrogens is 224 g/mol. The molecule has 0 rings (SSSR count). The zero-order valence-electron chi connectivity index (χ0n) is 10.5. The fourth-order valence-corrected chi connectivity index (χ4v) is 1.67. The molecule has 4 nitrogen and oxygen atoms in total. The normalized spacial score (nSPS) is 14.0. The number of carbonyl (C=O) groups excluding carboxylic acids is 2. The molecule has 0 fully saturated rings. The van der Waals surface area contributed by atoms with E-state index in [4.69, 9.17) is 0 Å². The summed E-state index contributed by atoms with van der Waals surface area (Å²) in [7, 11) is 0. The molecule has 0 radical (unpaired) electrons. The summed E-state index contributed by atoms with van der Waals surface area (Å²) in [6.45, 7) is 5.40. The molecule has 0 aliphatic heterocycles. The van der Waals surface area contributed by atoms with Gasteiger partial charge >= 0.3 is 0 Å². The van der Waals surface area contributed by atoms with Gasteiger partial charge in [0.1, 0.15) is 6.04 Å². The molecule has 0 bridgehead atoms. The highest BCUT2D eigenvalue weighted by molar-refractivity contribution is 7.98. The lowest BCUT2D eigenvalue weighted by Gasteiger charge is -2.19. The molecule has 0 unspecified atom stereocenters. The number of thioether (sulfide) groups is 1. The van der Waals surface area contributed by atoms with E-state index in [0.717, 1.165) is 12.2 Å². The fraction of sp³-hybridized carbons (Fsp3) is 0.818. The molecule has 0 spiro atoms. The van der Waals surface area contributed by atoms with Crippen LogP contribution in [-0.4, -0.2) is 35.9 Å². The van der Waals surface area contributed by atoms with E-state index in [0.29, 0.717) is 6.42 Å². The maximum Gasteiger partial charge on any atom is 0.242 e. The predicted molar refractivity (Wildman–Crippen MR) is 68.5 cm³/mol. The van der Waals surface area contributed by atoms with Crippen molar-refractivity contribution in [3.05, 3.63) is 0 Å². The highest BCUT2D eigenvalue weighted by Crippen LogP contribution is 2.02. The van der Waals surface area contributed by atoms with Crippen molar-refractivity contribution < 1.29 is 9.59 Å². The van der Waals surface area contributed by atoms with E-state index in [1.807, 2.05) is 20.1 Å². The Labute approximate surface area is 102 Å². The van der Waals surface area contributed by atoms with Gasteiger partial charge in [-0.15, -0.1) is 0 Å². The Morgan fingerprint density at radius 2 is 1.94 bits per heavy atom. The third kappa shape index (κ3) is 6.71. The van der Waals surface area contributed by atoms with Crippen LogP contribution in [0.5, 0.6) is 0 Å². The molecule has 0 saturated carbocycles. The molecular formula is C11H22N2O2S. The Morgan fingerprint density at radius 3 is 2.38 bits per heavy atom. The number of hydrogen-bond acceptors (Lipinski definition) is 3. The molecule has 2 N–H and O–H groups in total. The van der Waals surface area contributed by atoms with E-state index >= 15 is 0 Å². The number of hydrogen-bond donors (Lipinski definition) is 2. The fourth-order valence-electron chi connectivity index (χ4n) is 1.20. The minimum atomic E-state index is -0.404. The van der Waals surface area contributed by atoms with E-state index in [2.05, 4.69) is 10.6 Å². The first-order chi connectivity index (χ1) is 7.51. The van der Waals surface area contributed by atoms with Crippen LogP contribution in [-0.2, 0) is 9.59 Å². The minimum absolute atomic E-state index is 0.0846. The Balaban J connectivity index is 4.25. The maximum atomic E-state index is 11.8. The number of amides is 2. The van der Waals surface area contributed by atoms with Gasteiger partial charge in [0, 0.05) is 13.0 Å². The van der Waals surface area contributed by atoms with Crippen molar-refractivity contribution in [2.75, 3.05) is 12.0 Å². The summed E-state index contributed by atoms with van der Waals surface area (Å²) in [6, 6.07) is -0.253. The average molecular weight is 246 g/mol. The quantitative estimate of drug-likeness (QED) is 0.708. The smallest absolute Gasteiger partial charge is 0.242 e. The molecule has 0 saturated heterocycles. The van der Waals surface area contributed by atoms with Crippen LogP contribution in [0, 0.1) is 0 Å². The van der Waals surface area contributed by atoms with Gasteiger partial charge in [-0.2, -0.15) is 11.8 Å². The summed E-state index contributed by atoms with van der Waals surface area (Å²) in [5, 5.41) is 5.56. The lowest BCUT2D eigenvalue weighted by Crippen LogP contribution is -2.48. The summed E-state index contributed by atoms with van der Waals surface area (Å²) in [5.41, 5.74) is 0. The Kier molecular flexibility index (Phi) is 8.07. The monoisotopic (exact) mass is 246 g/mol. The van der Waals surface area contributed by atoms with Crippen molar-refractivity contribution in [1.29, 1.82) is 0 Å². The van der Waals surface area contributed by atoms with E-state index < -0.39 is 6.04 Å². The number of rotatable bonds is 7. The maximum absolute atomic E-state index is 11.8. The van der Waals surface area contributed by atoms with Gasteiger partial charge in [-0.25, -0.2) is 0 Å². The first-order valence-electron chi connectivity index (χ1n) is 5.57. The largest absolute Gasteiger partial charge is 0.352 e. The van der Waals surface area contributed by atoms with Crippen LogP contribution in [0.4, 0.5) is 0 Å². The lowest BCUT2D eigenvalue weighted by molar-refractivity contribution is -0.128. The van der Waals surface area contributed by atoms with Crippen LogP contribution in [0.15, 0.2) is 0 Å². The van der Waals surface area contributed by atoms with Crippen molar-refractivity contribution in [1.82, 2.24) is 10.6 Å². The zero-order valence-corrected chi connectivity index (χ0v) is 11.3. The number of nitrogens with one attached hydrogen (secondary N) is 2. The average Bonchev–Trinajstić information content (AvgIpc) is 2.23. The Hall–Kier alpha value is -0.710. The summed E-state index contributed by atoms with van der Waals surface area (Å²) in [5.74, 6) is 0.614. The molecule has 0 aliphatic carbocycles. The van der Waals surface area contributed by atoms with Gasteiger partial charge in [-0.1, -0.05) is 6.92 Å². The van der Waals surface area contributed by atoms with Crippen LogP contribution >= 0.6 is 11.8 Å². The van der Waals surface area contributed by atoms with Crippen molar-refractivity contribution in [3.63, 3.8) is 0 Å². The second-order valence-corrected chi connectivity index (χ2v) is 4.84. The van der Waals surface area contributed by atoms with Gasteiger partial charge in [0.15, 0.2) is 0 Å². The van der Waals surface area contributed by atoms with E-state index in [-0.39, 0.29) is 17.9 Å². The highest BCUT2D eigenvalue weighted by Gasteiger charge is 2.19. The van der Waals surface area contributed by atoms with Crippen LogP contribution in [0.3, 0.4) is 0 Å². The summed E-state index contributed by atoms with van der Waals surface area (Å²) in [6.07, 6.45) is 3.54. The standard InChI is InChI=1S/C11H22N2O2S/c1-5-8(2)12-11(15)10(6-7-16-4)13-9(3)14/h8,10H,5-7H2,1-4H3,(H,12,15)(H,13,14)/t8-,10+/m1/s1. The van der Waals surface area contributed by atoms with E-state index in [9.17, 15) is 9.59 Å². The van der Waals surface area contributed by atoms with Gasteiger partial charge in [0.05, 0.1) is 0 Å². The predicted octanol–water partition coefficient (Wildman–Crippen LogP) is 1.16. The van der Waals surface area contributed by atoms with Gasteiger partial charge in [0.2, 0.25) is 11.8 Å². The molecule has 16 heavy (non-hydrogen) atoms.